The Kier molecular flexibility index (Phi) is 5.17. The van der Waals surface area contributed by atoms with Crippen molar-refractivity contribution in [2.24, 2.45) is 0 Å². The monoisotopic (exact) mass is 277 g/mol. The molecule has 1 aromatic rings. The zero-order valence-electron chi connectivity index (χ0n) is 12.0. The van der Waals surface area contributed by atoms with Crippen LogP contribution in [0, 0.1) is 0 Å². The Morgan fingerprint density at radius 3 is 2.80 bits per heavy atom. The molecule has 110 valence electrons. The second-order valence-corrected chi connectivity index (χ2v) is 4.97. The molecule has 1 aliphatic heterocycles. The predicted molar refractivity (Wildman–Crippen MR) is 80.6 cm³/mol. The Labute approximate surface area is 120 Å². The summed E-state index contributed by atoms with van der Waals surface area (Å²) in [6.45, 7) is 7.25. The number of nitrogens with zero attached hydrogens (tertiary/aromatic N) is 3. The lowest BCUT2D eigenvalue weighted by atomic mass is 10.2. The Hall–Kier alpha value is -1.82. The van der Waals surface area contributed by atoms with E-state index in [0.29, 0.717) is 13.0 Å². The van der Waals surface area contributed by atoms with Crippen molar-refractivity contribution in [3.05, 3.63) is 18.5 Å². The van der Waals surface area contributed by atoms with Crippen molar-refractivity contribution in [2.45, 2.75) is 13.3 Å². The predicted octanol–water partition coefficient (Wildman–Crippen LogP) is 0.312. The van der Waals surface area contributed by atoms with E-state index in [9.17, 15) is 4.79 Å². The first kappa shape index (κ1) is 14.6. The van der Waals surface area contributed by atoms with Crippen molar-refractivity contribution in [3.8, 4) is 0 Å². The number of nitrogens with two attached hydrogens (primary N) is 1. The average molecular weight is 277 g/mol. The van der Waals surface area contributed by atoms with Crippen LogP contribution in [0.1, 0.15) is 13.3 Å². The van der Waals surface area contributed by atoms with E-state index in [0.717, 1.165) is 44.1 Å². The number of aromatic nitrogens is 1. The lowest BCUT2D eigenvalue weighted by Crippen LogP contribution is -2.47. The molecule has 0 spiro atoms. The van der Waals surface area contributed by atoms with Crippen LogP contribution in [0.5, 0.6) is 0 Å². The highest BCUT2D eigenvalue weighted by atomic mass is 16.1. The van der Waals surface area contributed by atoms with Gasteiger partial charge in [0.25, 0.3) is 0 Å². The molecule has 3 N–H and O–H groups in total. The average Bonchev–Trinajstić information content (AvgIpc) is 2.47. The van der Waals surface area contributed by atoms with Crippen molar-refractivity contribution >= 4 is 17.3 Å². The maximum absolute atomic E-state index is 11.4. The molecule has 0 aliphatic carbocycles. The standard InChI is InChI=1S/C14H23N5O/c1-2-17-14(20)4-6-18-7-9-19(10-8-18)13-3-5-16-11-12(13)15/h3,5,11H,2,4,6-10,15H2,1H3,(H,17,20). The van der Waals surface area contributed by atoms with Crippen LogP contribution < -0.4 is 16.0 Å². The molecular weight excluding hydrogens is 254 g/mol. The zero-order chi connectivity index (χ0) is 14.4. The van der Waals surface area contributed by atoms with E-state index < -0.39 is 0 Å². The lowest BCUT2D eigenvalue weighted by Gasteiger charge is -2.36. The first-order chi connectivity index (χ1) is 9.70. The fourth-order valence-corrected chi connectivity index (χ4v) is 2.44. The van der Waals surface area contributed by atoms with Crippen LogP contribution in [0.4, 0.5) is 11.4 Å². The number of hydrogen-bond acceptors (Lipinski definition) is 5. The number of nitrogen functional groups attached to an aromatic ring is 1. The molecule has 0 saturated carbocycles. The number of amides is 1. The van der Waals surface area contributed by atoms with Gasteiger partial charge in [-0.2, -0.15) is 0 Å². The molecule has 2 heterocycles. The van der Waals surface area contributed by atoms with Crippen LogP contribution in [-0.4, -0.2) is 55.1 Å². The number of carbonyl (C=O) groups excluding carboxylic acids is 1. The topological polar surface area (TPSA) is 74.5 Å². The fourth-order valence-electron chi connectivity index (χ4n) is 2.44. The Bertz CT molecular complexity index is 443. The van der Waals surface area contributed by atoms with E-state index in [1.54, 1.807) is 12.4 Å². The third-order valence-corrected chi connectivity index (χ3v) is 3.57. The second kappa shape index (κ2) is 7.09. The number of anilines is 2. The molecule has 20 heavy (non-hydrogen) atoms. The van der Waals surface area contributed by atoms with Gasteiger partial charge in [-0.05, 0) is 13.0 Å². The summed E-state index contributed by atoms with van der Waals surface area (Å²) in [4.78, 5) is 20.1. The van der Waals surface area contributed by atoms with Crippen LogP contribution in [0.3, 0.4) is 0 Å². The summed E-state index contributed by atoms with van der Waals surface area (Å²) in [5.41, 5.74) is 7.73. The highest BCUT2D eigenvalue weighted by molar-refractivity contribution is 5.76. The number of piperazine rings is 1. The van der Waals surface area contributed by atoms with Crippen molar-refractivity contribution < 1.29 is 4.79 Å². The first-order valence-electron chi connectivity index (χ1n) is 7.14. The summed E-state index contributed by atoms with van der Waals surface area (Å²) >= 11 is 0. The number of hydrogen-bond donors (Lipinski definition) is 2. The summed E-state index contributed by atoms with van der Waals surface area (Å²) in [5, 5.41) is 2.83. The van der Waals surface area contributed by atoms with Crippen molar-refractivity contribution in [1.29, 1.82) is 0 Å². The molecule has 1 aromatic heterocycles. The van der Waals surface area contributed by atoms with Gasteiger partial charge in [-0.15, -0.1) is 0 Å². The van der Waals surface area contributed by atoms with Crippen LogP contribution >= 0.6 is 0 Å². The van der Waals surface area contributed by atoms with Crippen molar-refractivity contribution in [2.75, 3.05) is 49.9 Å². The second-order valence-electron chi connectivity index (χ2n) is 4.97. The highest BCUT2D eigenvalue weighted by Crippen LogP contribution is 2.22. The minimum Gasteiger partial charge on any atom is -0.396 e. The van der Waals surface area contributed by atoms with Crippen molar-refractivity contribution in [3.63, 3.8) is 0 Å². The SMILES string of the molecule is CCNC(=O)CCN1CCN(c2ccncc2N)CC1. The number of nitrogens with one attached hydrogen (secondary N) is 1. The van der Waals surface area contributed by atoms with Gasteiger partial charge in [-0.3, -0.25) is 14.7 Å². The number of pyridine rings is 1. The van der Waals surface area contributed by atoms with Crippen molar-refractivity contribution in [1.82, 2.24) is 15.2 Å². The Morgan fingerprint density at radius 1 is 1.40 bits per heavy atom. The minimum atomic E-state index is 0.133. The molecule has 6 nitrogen and oxygen atoms in total. The van der Waals surface area contributed by atoms with Gasteiger partial charge in [-0.25, -0.2) is 0 Å². The van der Waals surface area contributed by atoms with E-state index in [1.807, 2.05) is 13.0 Å². The number of rotatable bonds is 5. The lowest BCUT2D eigenvalue weighted by molar-refractivity contribution is -0.121. The van der Waals surface area contributed by atoms with Gasteiger partial charge in [0.1, 0.15) is 0 Å². The third kappa shape index (κ3) is 3.84. The van der Waals surface area contributed by atoms with Crippen LogP contribution in [-0.2, 0) is 4.79 Å². The third-order valence-electron chi connectivity index (χ3n) is 3.57. The molecule has 0 radical (unpaired) electrons. The van der Waals surface area contributed by atoms with E-state index in [2.05, 4.69) is 20.1 Å². The molecule has 0 bridgehead atoms. The Morgan fingerprint density at radius 2 is 2.15 bits per heavy atom. The fraction of sp³-hybridized carbons (Fsp3) is 0.571. The van der Waals surface area contributed by atoms with Gasteiger partial charge < -0.3 is 16.0 Å². The van der Waals surface area contributed by atoms with Crippen LogP contribution in [0.25, 0.3) is 0 Å². The van der Waals surface area contributed by atoms with Crippen LogP contribution in [0.2, 0.25) is 0 Å². The van der Waals surface area contributed by atoms with Gasteiger partial charge in [-0.1, -0.05) is 0 Å². The Balaban J connectivity index is 1.78. The first-order valence-corrected chi connectivity index (χ1v) is 7.14. The molecule has 0 aromatic carbocycles. The van der Waals surface area contributed by atoms with E-state index in [4.69, 9.17) is 5.73 Å². The molecule has 1 saturated heterocycles. The van der Waals surface area contributed by atoms with E-state index >= 15 is 0 Å². The summed E-state index contributed by atoms with van der Waals surface area (Å²) in [6.07, 6.45) is 4.04. The van der Waals surface area contributed by atoms with Crippen LogP contribution in [0.15, 0.2) is 18.5 Å². The summed E-state index contributed by atoms with van der Waals surface area (Å²) < 4.78 is 0. The van der Waals surface area contributed by atoms with Gasteiger partial charge in [0.05, 0.1) is 17.6 Å². The molecule has 2 rings (SSSR count). The smallest absolute Gasteiger partial charge is 0.221 e. The molecular formula is C14H23N5O. The van der Waals surface area contributed by atoms with E-state index in [1.165, 1.54) is 0 Å². The summed E-state index contributed by atoms with van der Waals surface area (Å²) in [6, 6.07) is 1.96. The molecule has 1 amide bonds. The maximum atomic E-state index is 11.4. The minimum absolute atomic E-state index is 0.133. The highest BCUT2D eigenvalue weighted by Gasteiger charge is 2.18. The largest absolute Gasteiger partial charge is 0.396 e. The zero-order valence-corrected chi connectivity index (χ0v) is 12.0. The molecule has 0 unspecified atom stereocenters. The molecule has 1 fully saturated rings. The normalized spacial score (nSPS) is 16.1. The molecule has 1 aliphatic rings. The molecule has 6 heteroatoms. The number of carbonyl (C=O) groups is 1. The van der Waals surface area contributed by atoms with Gasteiger partial charge >= 0.3 is 0 Å². The quantitative estimate of drug-likeness (QED) is 0.810. The maximum Gasteiger partial charge on any atom is 0.221 e. The van der Waals surface area contributed by atoms with Gasteiger partial charge in [0.2, 0.25) is 5.91 Å². The van der Waals surface area contributed by atoms with Gasteiger partial charge in [0, 0.05) is 51.9 Å². The summed E-state index contributed by atoms with van der Waals surface area (Å²) in [7, 11) is 0. The molecule has 0 atom stereocenters. The van der Waals surface area contributed by atoms with Gasteiger partial charge in [0.15, 0.2) is 0 Å². The van der Waals surface area contributed by atoms with E-state index in [-0.39, 0.29) is 5.91 Å². The summed E-state index contributed by atoms with van der Waals surface area (Å²) in [5.74, 6) is 0.133.